The number of hydrogen-bond acceptors (Lipinski definition) is 3. The zero-order valence-electron chi connectivity index (χ0n) is 8.97. The zero-order chi connectivity index (χ0) is 12.9. The Morgan fingerprint density at radius 3 is 2.59 bits per heavy atom. The molecule has 1 atom stereocenters. The zero-order valence-corrected chi connectivity index (χ0v) is 10.5. The Hall–Kier alpha value is -0.300. The molecule has 2 nitrogen and oxygen atoms in total. The third-order valence-electron chi connectivity index (χ3n) is 2.05. The maximum absolute atomic E-state index is 11.9. The molecule has 0 saturated heterocycles. The highest BCUT2D eigenvalue weighted by molar-refractivity contribution is 7.16. The topological polar surface area (TPSA) is 35.2 Å². The van der Waals surface area contributed by atoms with Gasteiger partial charge in [-0.3, -0.25) is 0 Å². The van der Waals surface area contributed by atoms with E-state index in [1.54, 1.807) is 12.1 Å². The molecule has 0 aliphatic rings. The Bertz CT molecular complexity index is 343. The average molecular weight is 288 g/mol. The van der Waals surface area contributed by atoms with E-state index in [-0.39, 0.29) is 25.7 Å². The van der Waals surface area contributed by atoms with Crippen molar-refractivity contribution in [3.63, 3.8) is 0 Å². The largest absolute Gasteiger partial charge is 0.389 e. The van der Waals surface area contributed by atoms with Gasteiger partial charge in [-0.15, -0.1) is 11.3 Å². The van der Waals surface area contributed by atoms with Gasteiger partial charge in [-0.05, 0) is 18.6 Å². The van der Waals surface area contributed by atoms with Crippen LogP contribution in [0.15, 0.2) is 12.1 Å². The Morgan fingerprint density at radius 2 is 2.12 bits per heavy atom. The Morgan fingerprint density at radius 1 is 1.41 bits per heavy atom. The minimum atomic E-state index is -4.13. The van der Waals surface area contributed by atoms with Crippen molar-refractivity contribution in [2.45, 2.75) is 25.1 Å². The number of alkyl halides is 3. The maximum Gasteiger partial charge on any atom is 0.389 e. The second kappa shape index (κ2) is 6.58. The third kappa shape index (κ3) is 5.72. The van der Waals surface area contributed by atoms with Crippen LogP contribution < -0.4 is 5.73 Å². The van der Waals surface area contributed by atoms with Crippen LogP contribution in [0.1, 0.15) is 23.8 Å². The van der Waals surface area contributed by atoms with Crippen molar-refractivity contribution in [1.82, 2.24) is 0 Å². The van der Waals surface area contributed by atoms with Gasteiger partial charge in [0.05, 0.1) is 4.34 Å². The van der Waals surface area contributed by atoms with Crippen molar-refractivity contribution in [2.24, 2.45) is 5.73 Å². The molecule has 0 bridgehead atoms. The summed E-state index contributed by atoms with van der Waals surface area (Å²) in [6.45, 7) is 0.264. The molecule has 7 heteroatoms. The second-order valence-electron chi connectivity index (χ2n) is 3.46. The molecule has 1 aromatic rings. The van der Waals surface area contributed by atoms with Gasteiger partial charge in [0.15, 0.2) is 0 Å². The quantitative estimate of drug-likeness (QED) is 0.809. The van der Waals surface area contributed by atoms with Gasteiger partial charge in [0, 0.05) is 24.4 Å². The van der Waals surface area contributed by atoms with Gasteiger partial charge in [-0.25, -0.2) is 0 Å². The van der Waals surface area contributed by atoms with Crippen molar-refractivity contribution in [3.8, 4) is 0 Å². The minimum absolute atomic E-state index is 0.0386. The monoisotopic (exact) mass is 287 g/mol. The molecule has 0 saturated carbocycles. The van der Waals surface area contributed by atoms with E-state index in [9.17, 15) is 13.2 Å². The molecule has 0 aliphatic carbocycles. The molecule has 0 fully saturated rings. The second-order valence-corrected chi connectivity index (χ2v) is 5.20. The van der Waals surface area contributed by atoms with Gasteiger partial charge in [-0.1, -0.05) is 11.6 Å². The lowest BCUT2D eigenvalue weighted by Crippen LogP contribution is -2.16. The van der Waals surface area contributed by atoms with Crippen molar-refractivity contribution >= 4 is 22.9 Å². The fourth-order valence-corrected chi connectivity index (χ4v) is 2.39. The highest BCUT2D eigenvalue weighted by atomic mass is 35.5. The lowest BCUT2D eigenvalue weighted by atomic mass is 10.3. The maximum atomic E-state index is 11.9. The molecule has 1 rings (SSSR count). The van der Waals surface area contributed by atoms with E-state index < -0.39 is 12.6 Å². The number of hydrogen-bond donors (Lipinski definition) is 1. The summed E-state index contributed by atoms with van der Waals surface area (Å²) in [6, 6.07) is 3.48. The number of ether oxygens (including phenoxy) is 1. The minimum Gasteiger partial charge on any atom is -0.371 e. The van der Waals surface area contributed by atoms with Crippen LogP contribution in [0.25, 0.3) is 0 Å². The van der Waals surface area contributed by atoms with Crippen LogP contribution in [0.5, 0.6) is 0 Å². The van der Waals surface area contributed by atoms with Crippen LogP contribution in [-0.2, 0) is 4.74 Å². The molecule has 17 heavy (non-hydrogen) atoms. The fraction of sp³-hybridized carbons (Fsp3) is 0.600. The highest BCUT2D eigenvalue weighted by Crippen LogP contribution is 2.29. The van der Waals surface area contributed by atoms with Crippen molar-refractivity contribution < 1.29 is 17.9 Å². The molecule has 2 N–H and O–H groups in total. The van der Waals surface area contributed by atoms with E-state index in [1.165, 1.54) is 11.3 Å². The van der Waals surface area contributed by atoms with E-state index in [0.29, 0.717) is 4.34 Å². The number of rotatable bonds is 6. The summed E-state index contributed by atoms with van der Waals surface area (Å²) in [6.07, 6.45) is -5.40. The average Bonchev–Trinajstić information content (AvgIpc) is 2.63. The summed E-state index contributed by atoms with van der Waals surface area (Å²) >= 11 is 7.08. The summed E-state index contributed by atoms with van der Waals surface area (Å²) in [4.78, 5) is 0.838. The molecule has 0 aliphatic heterocycles. The van der Waals surface area contributed by atoms with Crippen molar-refractivity contribution in [3.05, 3.63) is 21.3 Å². The van der Waals surface area contributed by atoms with E-state index in [2.05, 4.69) is 0 Å². The Labute approximate surface area is 107 Å². The molecule has 1 aromatic heterocycles. The summed E-state index contributed by atoms with van der Waals surface area (Å²) in [5, 5.41) is 0. The molecular weight excluding hydrogens is 275 g/mol. The first-order valence-electron chi connectivity index (χ1n) is 5.06. The van der Waals surface area contributed by atoms with Crippen LogP contribution in [0.4, 0.5) is 13.2 Å². The predicted molar refractivity (Wildman–Crippen MR) is 62.4 cm³/mol. The SMILES string of the molecule is NCC(OCCCC(F)(F)F)c1ccc(Cl)s1. The number of thiophene rings is 1. The molecule has 0 amide bonds. The van der Waals surface area contributed by atoms with Crippen LogP contribution in [0.2, 0.25) is 4.34 Å². The summed E-state index contributed by atoms with van der Waals surface area (Å²) < 4.78 is 41.6. The van der Waals surface area contributed by atoms with E-state index >= 15 is 0 Å². The van der Waals surface area contributed by atoms with Crippen LogP contribution in [0.3, 0.4) is 0 Å². The van der Waals surface area contributed by atoms with Gasteiger partial charge in [0.2, 0.25) is 0 Å². The molecular formula is C10H13ClF3NOS. The summed E-state index contributed by atoms with van der Waals surface area (Å²) in [5.41, 5.74) is 5.50. The Balaban J connectivity index is 2.33. The van der Waals surface area contributed by atoms with Gasteiger partial charge in [-0.2, -0.15) is 13.2 Å². The van der Waals surface area contributed by atoms with Crippen LogP contribution >= 0.6 is 22.9 Å². The van der Waals surface area contributed by atoms with Gasteiger partial charge < -0.3 is 10.5 Å². The number of halogens is 4. The molecule has 0 aromatic carbocycles. The van der Waals surface area contributed by atoms with E-state index in [4.69, 9.17) is 22.1 Å². The first kappa shape index (κ1) is 14.8. The standard InChI is InChI=1S/C10H13ClF3NOS/c11-9-3-2-8(17-9)7(6-15)16-5-1-4-10(12,13)14/h2-3,7H,1,4-6,15H2. The molecule has 98 valence electrons. The fourth-order valence-electron chi connectivity index (χ4n) is 1.27. The first-order chi connectivity index (χ1) is 7.92. The smallest absolute Gasteiger partial charge is 0.371 e. The van der Waals surface area contributed by atoms with Crippen molar-refractivity contribution in [1.29, 1.82) is 0 Å². The van der Waals surface area contributed by atoms with Gasteiger partial charge >= 0.3 is 6.18 Å². The summed E-state index contributed by atoms with van der Waals surface area (Å²) in [5.74, 6) is 0. The first-order valence-corrected chi connectivity index (χ1v) is 6.25. The molecule has 1 heterocycles. The van der Waals surface area contributed by atoms with Gasteiger partial charge in [0.25, 0.3) is 0 Å². The summed E-state index contributed by atoms with van der Waals surface area (Å²) in [7, 11) is 0. The number of nitrogens with two attached hydrogens (primary N) is 1. The molecule has 0 radical (unpaired) electrons. The molecule has 1 unspecified atom stereocenters. The lowest BCUT2D eigenvalue weighted by Gasteiger charge is -2.14. The third-order valence-corrected chi connectivity index (χ3v) is 3.37. The van der Waals surface area contributed by atoms with Crippen molar-refractivity contribution in [2.75, 3.05) is 13.2 Å². The Kier molecular flexibility index (Phi) is 5.72. The van der Waals surface area contributed by atoms with Crippen LogP contribution in [-0.4, -0.2) is 19.3 Å². The van der Waals surface area contributed by atoms with E-state index in [1.807, 2.05) is 0 Å². The van der Waals surface area contributed by atoms with Gasteiger partial charge in [0.1, 0.15) is 6.10 Å². The van der Waals surface area contributed by atoms with Crippen LogP contribution in [0, 0.1) is 0 Å². The highest BCUT2D eigenvalue weighted by Gasteiger charge is 2.26. The predicted octanol–water partition coefficient (Wildman–Crippen LogP) is 3.76. The normalized spacial score (nSPS) is 13.9. The molecule has 0 spiro atoms. The lowest BCUT2D eigenvalue weighted by molar-refractivity contribution is -0.138. The van der Waals surface area contributed by atoms with E-state index in [0.717, 1.165) is 4.88 Å².